The molecule has 0 spiro atoms. The summed E-state index contributed by atoms with van der Waals surface area (Å²) >= 11 is 0. The van der Waals surface area contributed by atoms with Crippen molar-refractivity contribution in [3.63, 3.8) is 0 Å². The Kier molecular flexibility index (Phi) is 3.06. The lowest BCUT2D eigenvalue weighted by Crippen LogP contribution is -2.16. The van der Waals surface area contributed by atoms with Crippen molar-refractivity contribution in [2.24, 2.45) is 0 Å². The molecule has 0 saturated carbocycles. The first kappa shape index (κ1) is 13.1. The van der Waals surface area contributed by atoms with E-state index in [2.05, 4.69) is 4.98 Å². The topological polar surface area (TPSA) is 95.1 Å². The Morgan fingerprint density at radius 2 is 1.89 bits per heavy atom. The molecule has 0 bridgehead atoms. The Morgan fingerprint density at radius 3 is 2.42 bits per heavy atom. The van der Waals surface area contributed by atoms with Crippen molar-refractivity contribution in [3.05, 3.63) is 52.2 Å². The average Bonchev–Trinajstić information content (AvgIpc) is 2.72. The molecule has 0 fully saturated rings. The maximum atomic E-state index is 12.8. The standard InChI is InChI=1S/C10H8FN3O4S/c1-7-12-6-10(14(15)16)13(7)19(17,18)9-4-2-8(11)3-5-9/h2-6H,1H3. The Hall–Kier alpha value is -2.29. The number of hydrogen-bond donors (Lipinski definition) is 0. The van der Waals surface area contributed by atoms with Crippen molar-refractivity contribution in [1.29, 1.82) is 0 Å². The molecular formula is C10H8FN3O4S. The zero-order valence-corrected chi connectivity index (χ0v) is 10.5. The van der Waals surface area contributed by atoms with Gasteiger partial charge in [0, 0.05) is 6.92 Å². The van der Waals surface area contributed by atoms with Crippen LogP contribution in [0.4, 0.5) is 10.2 Å². The van der Waals surface area contributed by atoms with Gasteiger partial charge in [0.15, 0.2) is 0 Å². The maximum Gasteiger partial charge on any atom is 0.358 e. The van der Waals surface area contributed by atoms with Crippen LogP contribution in [0.25, 0.3) is 0 Å². The number of nitro groups is 1. The van der Waals surface area contributed by atoms with E-state index < -0.39 is 26.6 Å². The molecule has 0 N–H and O–H groups in total. The third-order valence-corrected chi connectivity index (χ3v) is 4.21. The van der Waals surface area contributed by atoms with Gasteiger partial charge in [0.2, 0.25) is 5.82 Å². The molecule has 0 amide bonds. The molecule has 1 aromatic heterocycles. The fourth-order valence-electron chi connectivity index (χ4n) is 1.55. The van der Waals surface area contributed by atoms with E-state index in [1.165, 1.54) is 6.92 Å². The van der Waals surface area contributed by atoms with Crippen molar-refractivity contribution in [2.75, 3.05) is 0 Å². The van der Waals surface area contributed by atoms with Crippen LogP contribution in [0, 0.1) is 22.9 Å². The summed E-state index contributed by atoms with van der Waals surface area (Å²) in [5.41, 5.74) is 0. The van der Waals surface area contributed by atoms with Crippen LogP contribution in [-0.2, 0) is 10.0 Å². The SMILES string of the molecule is Cc1ncc([N+](=O)[O-])n1S(=O)(=O)c1ccc(F)cc1. The summed E-state index contributed by atoms with van der Waals surface area (Å²) in [7, 11) is -4.17. The van der Waals surface area contributed by atoms with Gasteiger partial charge >= 0.3 is 15.8 Å². The molecule has 0 aliphatic carbocycles. The van der Waals surface area contributed by atoms with Crippen LogP contribution in [0.15, 0.2) is 35.4 Å². The largest absolute Gasteiger partial charge is 0.358 e. The molecule has 7 nitrogen and oxygen atoms in total. The summed E-state index contributed by atoms with van der Waals surface area (Å²) in [5.74, 6) is -1.31. The quantitative estimate of drug-likeness (QED) is 0.628. The minimum atomic E-state index is -4.17. The predicted molar refractivity (Wildman–Crippen MR) is 62.6 cm³/mol. The normalized spacial score (nSPS) is 11.5. The van der Waals surface area contributed by atoms with Crippen LogP contribution in [0.5, 0.6) is 0 Å². The van der Waals surface area contributed by atoms with E-state index in [0.717, 1.165) is 30.5 Å². The molecule has 19 heavy (non-hydrogen) atoms. The van der Waals surface area contributed by atoms with E-state index in [9.17, 15) is 22.9 Å². The zero-order chi connectivity index (χ0) is 14.2. The van der Waals surface area contributed by atoms with Crippen molar-refractivity contribution >= 4 is 15.8 Å². The van der Waals surface area contributed by atoms with Crippen LogP contribution in [0.3, 0.4) is 0 Å². The molecule has 100 valence electrons. The monoisotopic (exact) mass is 285 g/mol. The van der Waals surface area contributed by atoms with Crippen LogP contribution in [0.2, 0.25) is 0 Å². The van der Waals surface area contributed by atoms with Crippen molar-refractivity contribution in [2.45, 2.75) is 11.8 Å². The van der Waals surface area contributed by atoms with Gasteiger partial charge in [-0.15, -0.1) is 0 Å². The molecule has 0 unspecified atom stereocenters. The van der Waals surface area contributed by atoms with Gasteiger partial charge in [-0.1, -0.05) is 3.97 Å². The number of halogens is 1. The van der Waals surface area contributed by atoms with Gasteiger partial charge in [-0.2, -0.15) is 8.42 Å². The first-order valence-electron chi connectivity index (χ1n) is 5.04. The first-order valence-corrected chi connectivity index (χ1v) is 6.48. The van der Waals surface area contributed by atoms with Gasteiger partial charge in [-0.25, -0.2) is 9.37 Å². The highest BCUT2D eigenvalue weighted by molar-refractivity contribution is 7.90. The summed E-state index contributed by atoms with van der Waals surface area (Å²) in [4.78, 5) is 13.3. The minimum Gasteiger partial charge on any atom is -0.358 e. The highest BCUT2D eigenvalue weighted by Gasteiger charge is 2.31. The van der Waals surface area contributed by atoms with Crippen LogP contribution in [-0.4, -0.2) is 22.3 Å². The molecule has 0 aliphatic heterocycles. The van der Waals surface area contributed by atoms with Crippen molar-refractivity contribution < 1.29 is 17.7 Å². The Balaban J connectivity index is 2.66. The average molecular weight is 285 g/mol. The second kappa shape index (κ2) is 4.43. The lowest BCUT2D eigenvalue weighted by Gasteiger charge is -2.04. The van der Waals surface area contributed by atoms with Gasteiger partial charge in [-0.05, 0) is 29.2 Å². The van der Waals surface area contributed by atoms with E-state index in [4.69, 9.17) is 0 Å². The molecule has 0 atom stereocenters. The van der Waals surface area contributed by atoms with Gasteiger partial charge in [-0.3, -0.25) is 0 Å². The number of aryl methyl sites for hydroxylation is 1. The third kappa shape index (κ3) is 2.19. The first-order chi connectivity index (χ1) is 8.84. The highest BCUT2D eigenvalue weighted by Crippen LogP contribution is 2.22. The number of aromatic nitrogens is 2. The second-order valence-electron chi connectivity index (χ2n) is 3.64. The van der Waals surface area contributed by atoms with E-state index in [1.54, 1.807) is 0 Å². The van der Waals surface area contributed by atoms with Gasteiger partial charge in [0.25, 0.3) is 0 Å². The second-order valence-corrected chi connectivity index (χ2v) is 5.43. The molecule has 9 heteroatoms. The Morgan fingerprint density at radius 1 is 1.32 bits per heavy atom. The lowest BCUT2D eigenvalue weighted by atomic mass is 10.4. The summed E-state index contributed by atoms with van der Waals surface area (Å²) in [6.45, 7) is 1.33. The molecular weight excluding hydrogens is 277 g/mol. The fourth-order valence-corrected chi connectivity index (χ4v) is 3.00. The summed E-state index contributed by atoms with van der Waals surface area (Å²) in [5, 5.41) is 10.8. The third-order valence-electron chi connectivity index (χ3n) is 2.41. The zero-order valence-electron chi connectivity index (χ0n) is 9.65. The molecule has 2 aromatic rings. The lowest BCUT2D eigenvalue weighted by molar-refractivity contribution is -0.390. The van der Waals surface area contributed by atoms with Crippen LogP contribution >= 0.6 is 0 Å². The van der Waals surface area contributed by atoms with Gasteiger partial charge in [0.1, 0.15) is 16.9 Å². The molecule has 0 aliphatic rings. The van der Waals surface area contributed by atoms with E-state index in [1.807, 2.05) is 0 Å². The summed E-state index contributed by atoms with van der Waals surface area (Å²) in [6.07, 6.45) is 0.858. The molecule has 2 rings (SSSR count). The van der Waals surface area contributed by atoms with E-state index in [-0.39, 0.29) is 10.7 Å². The van der Waals surface area contributed by atoms with Crippen LogP contribution < -0.4 is 0 Å². The summed E-state index contributed by atoms with van der Waals surface area (Å²) < 4.78 is 37.8. The van der Waals surface area contributed by atoms with E-state index in [0.29, 0.717) is 3.97 Å². The van der Waals surface area contributed by atoms with Crippen molar-refractivity contribution in [1.82, 2.24) is 8.96 Å². The minimum absolute atomic E-state index is 0.0453. The molecule has 1 aromatic carbocycles. The molecule has 1 heterocycles. The van der Waals surface area contributed by atoms with Crippen molar-refractivity contribution in [3.8, 4) is 0 Å². The maximum absolute atomic E-state index is 12.8. The highest BCUT2D eigenvalue weighted by atomic mass is 32.2. The number of nitrogens with zero attached hydrogens (tertiary/aromatic N) is 3. The summed E-state index contributed by atoms with van der Waals surface area (Å²) in [6, 6.07) is 4.00. The number of hydrogen-bond acceptors (Lipinski definition) is 5. The fraction of sp³-hybridized carbons (Fsp3) is 0.100. The van der Waals surface area contributed by atoms with Gasteiger partial charge < -0.3 is 10.1 Å². The molecule has 0 radical (unpaired) electrons. The van der Waals surface area contributed by atoms with E-state index >= 15 is 0 Å². The van der Waals surface area contributed by atoms with Crippen LogP contribution in [0.1, 0.15) is 5.82 Å². The predicted octanol–water partition coefficient (Wildman–Crippen LogP) is 1.48. The Labute approximate surface area is 107 Å². The smallest absolute Gasteiger partial charge is 0.358 e. The van der Waals surface area contributed by atoms with Gasteiger partial charge in [0.05, 0.1) is 0 Å². The Bertz CT molecular complexity index is 737. The number of benzene rings is 1. The molecule has 0 saturated heterocycles. The number of imidazole rings is 1. The number of rotatable bonds is 3.